The summed E-state index contributed by atoms with van der Waals surface area (Å²) < 4.78 is 0. The molecule has 1 atom stereocenters. The monoisotopic (exact) mass is 275 g/mol. The molecule has 20 heavy (non-hydrogen) atoms. The Morgan fingerprint density at radius 2 is 2.05 bits per heavy atom. The average molecular weight is 275 g/mol. The minimum atomic E-state index is -0.846. The molecule has 1 aliphatic carbocycles. The summed E-state index contributed by atoms with van der Waals surface area (Å²) in [6.07, 6.45) is 3.18. The van der Waals surface area contributed by atoms with E-state index in [1.165, 1.54) is 11.1 Å². The highest BCUT2D eigenvalue weighted by Crippen LogP contribution is 2.34. The summed E-state index contributed by atoms with van der Waals surface area (Å²) in [6.45, 7) is 2.03. The van der Waals surface area contributed by atoms with Crippen LogP contribution >= 0.6 is 0 Å². The van der Waals surface area contributed by atoms with E-state index in [1.807, 2.05) is 31.2 Å². The van der Waals surface area contributed by atoms with Gasteiger partial charge < -0.3 is 10.4 Å². The van der Waals surface area contributed by atoms with Gasteiger partial charge in [-0.25, -0.2) is 0 Å². The Hall–Kier alpha value is -1.84. The molecule has 0 aromatic heterocycles. The minimum absolute atomic E-state index is 0.0285. The van der Waals surface area contributed by atoms with Gasteiger partial charge in [-0.2, -0.15) is 0 Å². The van der Waals surface area contributed by atoms with Crippen molar-refractivity contribution in [2.75, 3.05) is 0 Å². The SMILES string of the molecule is Cc1ccccc1CCC(=O)NC(CC(=O)O)C1CC1. The first-order valence-electron chi connectivity index (χ1n) is 7.12. The van der Waals surface area contributed by atoms with Gasteiger partial charge in [0, 0.05) is 12.5 Å². The van der Waals surface area contributed by atoms with E-state index in [9.17, 15) is 9.59 Å². The van der Waals surface area contributed by atoms with Gasteiger partial charge in [-0.1, -0.05) is 24.3 Å². The summed E-state index contributed by atoms with van der Waals surface area (Å²) in [6, 6.07) is 7.81. The molecule has 1 aliphatic rings. The van der Waals surface area contributed by atoms with Crippen LogP contribution in [0, 0.1) is 12.8 Å². The van der Waals surface area contributed by atoms with E-state index in [2.05, 4.69) is 5.32 Å². The largest absolute Gasteiger partial charge is 0.481 e. The van der Waals surface area contributed by atoms with Gasteiger partial charge in [0.1, 0.15) is 0 Å². The van der Waals surface area contributed by atoms with Crippen LogP contribution < -0.4 is 5.32 Å². The molecule has 0 saturated heterocycles. The Morgan fingerprint density at radius 3 is 2.65 bits per heavy atom. The zero-order chi connectivity index (χ0) is 14.5. The molecular formula is C16H21NO3. The number of benzene rings is 1. The maximum Gasteiger partial charge on any atom is 0.305 e. The van der Waals surface area contributed by atoms with E-state index in [1.54, 1.807) is 0 Å². The molecule has 0 spiro atoms. The fourth-order valence-electron chi connectivity index (χ4n) is 2.44. The van der Waals surface area contributed by atoms with E-state index < -0.39 is 5.97 Å². The maximum atomic E-state index is 11.9. The lowest BCUT2D eigenvalue weighted by atomic mass is 10.0. The second-order valence-electron chi connectivity index (χ2n) is 5.54. The molecule has 1 aromatic rings. The molecule has 1 aromatic carbocycles. The third-order valence-electron chi connectivity index (χ3n) is 3.81. The van der Waals surface area contributed by atoms with Crippen molar-refractivity contribution in [2.24, 2.45) is 5.92 Å². The first kappa shape index (κ1) is 14.6. The summed E-state index contributed by atoms with van der Waals surface area (Å²) in [4.78, 5) is 22.7. The van der Waals surface area contributed by atoms with Crippen LogP contribution in [0.15, 0.2) is 24.3 Å². The Labute approximate surface area is 119 Å². The van der Waals surface area contributed by atoms with Gasteiger partial charge >= 0.3 is 5.97 Å². The first-order valence-corrected chi connectivity index (χ1v) is 7.12. The third kappa shape index (κ3) is 4.37. The van der Waals surface area contributed by atoms with Gasteiger partial charge in [-0.15, -0.1) is 0 Å². The molecule has 108 valence electrons. The number of carboxylic acid groups (broad SMARTS) is 1. The molecule has 2 rings (SSSR count). The number of rotatable bonds is 7. The quantitative estimate of drug-likeness (QED) is 0.802. The number of hydrogen-bond acceptors (Lipinski definition) is 2. The number of hydrogen-bond donors (Lipinski definition) is 2. The van der Waals surface area contributed by atoms with Gasteiger partial charge in [0.25, 0.3) is 0 Å². The van der Waals surface area contributed by atoms with Crippen molar-refractivity contribution in [2.45, 2.75) is 45.1 Å². The van der Waals surface area contributed by atoms with E-state index in [-0.39, 0.29) is 18.4 Å². The van der Waals surface area contributed by atoms with Crippen LogP contribution in [-0.2, 0) is 16.0 Å². The molecule has 0 heterocycles. The Bertz CT molecular complexity index is 494. The standard InChI is InChI=1S/C16H21NO3/c1-11-4-2-3-5-12(11)8-9-15(18)17-14(10-16(19)20)13-6-7-13/h2-5,13-14H,6-10H2,1H3,(H,17,18)(H,19,20). The fourth-order valence-corrected chi connectivity index (χ4v) is 2.44. The van der Waals surface area contributed by atoms with Crippen molar-refractivity contribution < 1.29 is 14.7 Å². The number of amides is 1. The van der Waals surface area contributed by atoms with Crippen molar-refractivity contribution in [1.82, 2.24) is 5.32 Å². The van der Waals surface area contributed by atoms with Crippen molar-refractivity contribution in [3.63, 3.8) is 0 Å². The normalized spacial score (nSPS) is 15.7. The van der Waals surface area contributed by atoms with Crippen molar-refractivity contribution in [3.05, 3.63) is 35.4 Å². The van der Waals surface area contributed by atoms with Gasteiger partial charge in [-0.3, -0.25) is 9.59 Å². The molecule has 0 aliphatic heterocycles. The molecule has 1 saturated carbocycles. The second-order valence-corrected chi connectivity index (χ2v) is 5.54. The second kappa shape index (κ2) is 6.55. The fraction of sp³-hybridized carbons (Fsp3) is 0.500. The highest BCUT2D eigenvalue weighted by molar-refractivity contribution is 5.77. The van der Waals surface area contributed by atoms with Gasteiger partial charge in [0.05, 0.1) is 6.42 Å². The molecule has 1 amide bonds. The molecule has 4 nitrogen and oxygen atoms in total. The number of carbonyl (C=O) groups is 2. The zero-order valence-corrected chi connectivity index (χ0v) is 11.8. The lowest BCUT2D eigenvalue weighted by molar-refractivity contribution is -0.137. The van der Waals surface area contributed by atoms with Crippen LogP contribution in [0.25, 0.3) is 0 Å². The number of carbonyl (C=O) groups excluding carboxylic acids is 1. The Morgan fingerprint density at radius 1 is 1.35 bits per heavy atom. The van der Waals surface area contributed by atoms with Crippen LogP contribution in [0.2, 0.25) is 0 Å². The molecule has 4 heteroatoms. The Kier molecular flexibility index (Phi) is 4.77. The molecule has 2 N–H and O–H groups in total. The summed E-state index contributed by atoms with van der Waals surface area (Å²) in [7, 11) is 0. The highest BCUT2D eigenvalue weighted by Gasteiger charge is 2.33. The van der Waals surface area contributed by atoms with Crippen LogP contribution in [-0.4, -0.2) is 23.0 Å². The number of nitrogens with one attached hydrogen (secondary N) is 1. The van der Waals surface area contributed by atoms with E-state index in [0.29, 0.717) is 18.8 Å². The van der Waals surface area contributed by atoms with E-state index in [0.717, 1.165) is 12.8 Å². The molecule has 0 radical (unpaired) electrons. The van der Waals surface area contributed by atoms with Crippen molar-refractivity contribution >= 4 is 11.9 Å². The van der Waals surface area contributed by atoms with E-state index >= 15 is 0 Å². The lowest BCUT2D eigenvalue weighted by Crippen LogP contribution is -2.38. The molecule has 1 unspecified atom stereocenters. The van der Waals surface area contributed by atoms with Crippen LogP contribution in [0.1, 0.15) is 36.8 Å². The van der Waals surface area contributed by atoms with Gasteiger partial charge in [0.2, 0.25) is 5.91 Å². The summed E-state index contributed by atoms with van der Waals surface area (Å²) >= 11 is 0. The van der Waals surface area contributed by atoms with Gasteiger partial charge in [0.15, 0.2) is 0 Å². The maximum absolute atomic E-state index is 11.9. The highest BCUT2D eigenvalue weighted by atomic mass is 16.4. The average Bonchev–Trinajstić information content (AvgIpc) is 3.21. The number of carboxylic acids is 1. The number of aryl methyl sites for hydroxylation is 2. The minimum Gasteiger partial charge on any atom is -0.481 e. The molecule has 1 fully saturated rings. The van der Waals surface area contributed by atoms with Crippen LogP contribution in [0.3, 0.4) is 0 Å². The zero-order valence-electron chi connectivity index (χ0n) is 11.8. The van der Waals surface area contributed by atoms with E-state index in [4.69, 9.17) is 5.11 Å². The predicted molar refractivity (Wildman–Crippen MR) is 76.4 cm³/mol. The van der Waals surface area contributed by atoms with Crippen molar-refractivity contribution in [1.29, 1.82) is 0 Å². The lowest BCUT2D eigenvalue weighted by Gasteiger charge is -2.16. The summed E-state index contributed by atoms with van der Waals surface area (Å²) in [5.41, 5.74) is 2.36. The first-order chi connectivity index (χ1) is 9.56. The summed E-state index contributed by atoms with van der Waals surface area (Å²) in [5.74, 6) is -0.541. The smallest absolute Gasteiger partial charge is 0.305 e. The molecule has 0 bridgehead atoms. The summed E-state index contributed by atoms with van der Waals surface area (Å²) in [5, 5.41) is 11.7. The third-order valence-corrected chi connectivity index (χ3v) is 3.81. The van der Waals surface area contributed by atoms with Crippen LogP contribution in [0.5, 0.6) is 0 Å². The number of aliphatic carboxylic acids is 1. The Balaban J connectivity index is 1.82. The predicted octanol–water partition coefficient (Wildman–Crippen LogP) is 2.30. The van der Waals surface area contributed by atoms with Gasteiger partial charge in [-0.05, 0) is 43.2 Å². The van der Waals surface area contributed by atoms with Crippen molar-refractivity contribution in [3.8, 4) is 0 Å². The van der Waals surface area contributed by atoms with Crippen LogP contribution in [0.4, 0.5) is 0 Å². The molecular weight excluding hydrogens is 254 g/mol. The topological polar surface area (TPSA) is 66.4 Å².